The highest BCUT2D eigenvalue weighted by molar-refractivity contribution is 14.1. The second-order valence-corrected chi connectivity index (χ2v) is 6.01. The Labute approximate surface area is 134 Å². The number of aromatic nitrogens is 2. The lowest BCUT2D eigenvalue weighted by atomic mass is 10.2. The van der Waals surface area contributed by atoms with Gasteiger partial charge in [0.1, 0.15) is 11.6 Å². The van der Waals surface area contributed by atoms with Crippen molar-refractivity contribution < 1.29 is 4.39 Å². The SMILES string of the molecule is Cc1ccc2c(c1)nc(CCl)n2-c1ccc(F)cc1I. The maximum absolute atomic E-state index is 13.3. The van der Waals surface area contributed by atoms with Gasteiger partial charge in [0.15, 0.2) is 0 Å². The molecule has 0 radical (unpaired) electrons. The molecule has 0 amide bonds. The van der Waals surface area contributed by atoms with Crippen LogP contribution in [0.15, 0.2) is 36.4 Å². The first-order valence-electron chi connectivity index (χ1n) is 6.09. The topological polar surface area (TPSA) is 17.8 Å². The van der Waals surface area contributed by atoms with Crippen LogP contribution in [0.2, 0.25) is 0 Å². The van der Waals surface area contributed by atoms with E-state index in [0.29, 0.717) is 5.88 Å². The van der Waals surface area contributed by atoms with E-state index in [0.717, 1.165) is 31.7 Å². The fraction of sp³-hybridized carbons (Fsp3) is 0.133. The zero-order valence-corrected chi connectivity index (χ0v) is 13.6. The molecule has 0 N–H and O–H groups in total. The summed E-state index contributed by atoms with van der Waals surface area (Å²) < 4.78 is 16.1. The second-order valence-electron chi connectivity index (χ2n) is 4.58. The summed E-state index contributed by atoms with van der Waals surface area (Å²) in [6.45, 7) is 2.03. The standard InChI is InChI=1S/C15H11ClFIN2/c1-9-2-4-14-12(6-9)19-15(8-16)20(14)13-5-3-10(17)7-11(13)18/h2-7H,8H2,1H3. The highest BCUT2D eigenvalue weighted by atomic mass is 127. The molecule has 0 atom stereocenters. The molecule has 3 rings (SSSR count). The zero-order chi connectivity index (χ0) is 14.3. The Morgan fingerprint density at radius 3 is 2.75 bits per heavy atom. The molecule has 3 aromatic rings. The third-order valence-electron chi connectivity index (χ3n) is 3.15. The lowest BCUT2D eigenvalue weighted by Gasteiger charge is -2.10. The van der Waals surface area contributed by atoms with E-state index in [4.69, 9.17) is 11.6 Å². The van der Waals surface area contributed by atoms with Gasteiger partial charge in [-0.1, -0.05) is 6.07 Å². The third kappa shape index (κ3) is 2.31. The van der Waals surface area contributed by atoms with E-state index < -0.39 is 0 Å². The van der Waals surface area contributed by atoms with Gasteiger partial charge in [-0.25, -0.2) is 9.37 Å². The molecule has 1 heterocycles. The highest BCUT2D eigenvalue weighted by Gasteiger charge is 2.14. The first-order valence-corrected chi connectivity index (χ1v) is 7.71. The summed E-state index contributed by atoms with van der Waals surface area (Å²) in [4.78, 5) is 4.57. The van der Waals surface area contributed by atoms with Gasteiger partial charge in [0.05, 0.1) is 22.6 Å². The fourth-order valence-corrected chi connectivity index (χ4v) is 3.16. The van der Waals surface area contributed by atoms with Gasteiger partial charge < -0.3 is 0 Å². The lowest BCUT2D eigenvalue weighted by molar-refractivity contribution is 0.626. The molecule has 0 unspecified atom stereocenters. The smallest absolute Gasteiger partial charge is 0.129 e. The average molecular weight is 401 g/mol. The van der Waals surface area contributed by atoms with Crippen molar-refractivity contribution in [3.8, 4) is 5.69 Å². The van der Waals surface area contributed by atoms with Crippen LogP contribution in [0.5, 0.6) is 0 Å². The van der Waals surface area contributed by atoms with Crippen LogP contribution in [0.3, 0.4) is 0 Å². The van der Waals surface area contributed by atoms with Crippen molar-refractivity contribution in [3.05, 3.63) is 57.2 Å². The van der Waals surface area contributed by atoms with Crippen LogP contribution >= 0.6 is 34.2 Å². The highest BCUT2D eigenvalue weighted by Crippen LogP contribution is 2.27. The van der Waals surface area contributed by atoms with Crippen LogP contribution < -0.4 is 0 Å². The van der Waals surface area contributed by atoms with Crippen molar-refractivity contribution in [1.29, 1.82) is 0 Å². The summed E-state index contributed by atoms with van der Waals surface area (Å²) in [5.74, 6) is 0.823. The van der Waals surface area contributed by atoms with Crippen molar-refractivity contribution in [2.45, 2.75) is 12.8 Å². The number of imidazole rings is 1. The Morgan fingerprint density at radius 1 is 1.25 bits per heavy atom. The Kier molecular flexibility index (Phi) is 3.69. The minimum atomic E-state index is -0.245. The number of benzene rings is 2. The number of aryl methyl sites for hydroxylation is 1. The van der Waals surface area contributed by atoms with Crippen molar-refractivity contribution in [1.82, 2.24) is 9.55 Å². The van der Waals surface area contributed by atoms with Crippen LogP contribution in [0.4, 0.5) is 4.39 Å². The van der Waals surface area contributed by atoms with E-state index in [1.54, 1.807) is 6.07 Å². The molecule has 0 bridgehead atoms. The van der Waals surface area contributed by atoms with E-state index in [1.165, 1.54) is 12.1 Å². The Balaban J connectivity index is 2.34. The molecule has 0 saturated heterocycles. The van der Waals surface area contributed by atoms with E-state index in [2.05, 4.69) is 27.6 Å². The average Bonchev–Trinajstić information content (AvgIpc) is 2.76. The second kappa shape index (κ2) is 5.33. The van der Waals surface area contributed by atoms with E-state index >= 15 is 0 Å². The summed E-state index contributed by atoms with van der Waals surface area (Å²) in [5, 5.41) is 0. The third-order valence-corrected chi connectivity index (χ3v) is 4.25. The van der Waals surface area contributed by atoms with Gasteiger partial charge in [-0.15, -0.1) is 11.6 Å². The van der Waals surface area contributed by atoms with Gasteiger partial charge in [-0.2, -0.15) is 0 Å². The Bertz CT molecular complexity index is 798. The van der Waals surface area contributed by atoms with Crippen molar-refractivity contribution >= 4 is 45.2 Å². The number of alkyl halides is 1. The van der Waals surface area contributed by atoms with E-state index in [-0.39, 0.29) is 5.82 Å². The fourth-order valence-electron chi connectivity index (χ4n) is 2.26. The van der Waals surface area contributed by atoms with Crippen LogP contribution in [0, 0.1) is 16.3 Å². The lowest BCUT2D eigenvalue weighted by Crippen LogP contribution is -2.02. The Morgan fingerprint density at radius 2 is 2.05 bits per heavy atom. The molecule has 2 nitrogen and oxygen atoms in total. The predicted octanol–water partition coefficient (Wildman–Crippen LogP) is 4.82. The van der Waals surface area contributed by atoms with Crippen LogP contribution in [0.25, 0.3) is 16.7 Å². The molecule has 5 heteroatoms. The van der Waals surface area contributed by atoms with E-state index in [1.807, 2.05) is 29.7 Å². The quantitative estimate of drug-likeness (QED) is 0.446. The molecule has 0 fully saturated rings. The molecule has 20 heavy (non-hydrogen) atoms. The van der Waals surface area contributed by atoms with Crippen LogP contribution in [-0.4, -0.2) is 9.55 Å². The minimum Gasteiger partial charge on any atom is -0.294 e. The molecule has 0 aliphatic carbocycles. The molecule has 1 aromatic heterocycles. The molecule has 0 aliphatic rings. The number of nitrogens with zero attached hydrogens (tertiary/aromatic N) is 2. The largest absolute Gasteiger partial charge is 0.294 e. The van der Waals surface area contributed by atoms with Crippen LogP contribution in [0.1, 0.15) is 11.4 Å². The van der Waals surface area contributed by atoms with Crippen molar-refractivity contribution in [2.24, 2.45) is 0 Å². The molecule has 0 aliphatic heterocycles. The van der Waals surface area contributed by atoms with Gasteiger partial charge in [-0.05, 0) is 65.4 Å². The maximum Gasteiger partial charge on any atom is 0.129 e. The molecular weight excluding hydrogens is 390 g/mol. The van der Waals surface area contributed by atoms with Gasteiger partial charge in [-0.3, -0.25) is 4.57 Å². The van der Waals surface area contributed by atoms with Crippen LogP contribution in [-0.2, 0) is 5.88 Å². The Hall–Kier alpha value is -1.14. The predicted molar refractivity (Wildman–Crippen MR) is 88.0 cm³/mol. The number of hydrogen-bond donors (Lipinski definition) is 0. The number of rotatable bonds is 2. The monoisotopic (exact) mass is 400 g/mol. The summed E-state index contributed by atoms with van der Waals surface area (Å²) in [6, 6.07) is 10.8. The summed E-state index contributed by atoms with van der Waals surface area (Å²) >= 11 is 8.14. The summed E-state index contributed by atoms with van der Waals surface area (Å²) in [5.41, 5.74) is 3.93. The van der Waals surface area contributed by atoms with Gasteiger partial charge >= 0.3 is 0 Å². The first kappa shape index (κ1) is 13.8. The summed E-state index contributed by atoms with van der Waals surface area (Å²) in [6.07, 6.45) is 0. The number of hydrogen-bond acceptors (Lipinski definition) is 1. The number of halogens is 3. The summed E-state index contributed by atoms with van der Waals surface area (Å²) in [7, 11) is 0. The van der Waals surface area contributed by atoms with Crippen molar-refractivity contribution in [3.63, 3.8) is 0 Å². The zero-order valence-electron chi connectivity index (χ0n) is 10.7. The molecule has 102 valence electrons. The maximum atomic E-state index is 13.3. The first-order chi connectivity index (χ1) is 9.60. The molecule has 0 saturated carbocycles. The molecule has 0 spiro atoms. The van der Waals surface area contributed by atoms with Gasteiger partial charge in [0.2, 0.25) is 0 Å². The molecular formula is C15H11ClFIN2. The molecule has 2 aromatic carbocycles. The number of fused-ring (bicyclic) bond motifs is 1. The normalized spacial score (nSPS) is 11.2. The minimum absolute atomic E-state index is 0.245. The van der Waals surface area contributed by atoms with E-state index in [9.17, 15) is 4.39 Å². The van der Waals surface area contributed by atoms with Gasteiger partial charge in [0.25, 0.3) is 0 Å². The van der Waals surface area contributed by atoms with Crippen molar-refractivity contribution in [2.75, 3.05) is 0 Å². The van der Waals surface area contributed by atoms with Gasteiger partial charge in [0, 0.05) is 3.57 Å².